The molecule has 2 aromatic rings. The van der Waals surface area contributed by atoms with Crippen LogP contribution < -0.4 is 0 Å². The van der Waals surface area contributed by atoms with Crippen LogP contribution in [0.1, 0.15) is 55.6 Å². The molecule has 34 heavy (non-hydrogen) atoms. The summed E-state index contributed by atoms with van der Waals surface area (Å²) in [4.78, 5) is 33.5. The number of alkyl halides is 3. The minimum atomic E-state index is -4.68. The van der Waals surface area contributed by atoms with Crippen molar-refractivity contribution in [1.29, 1.82) is 0 Å². The first-order valence-corrected chi connectivity index (χ1v) is 12.5. The number of thiazole rings is 1. The minimum absolute atomic E-state index is 0.135. The number of halogens is 3. The number of nitrogens with zero attached hydrogens (tertiary/aromatic N) is 3. The normalized spacial score (nSPS) is 26.6. The van der Waals surface area contributed by atoms with Crippen LogP contribution in [0, 0.1) is 11.8 Å². The standard InChI is InChI=1S/C24H30F3N3O3S/c1-14-4-6-19(30(11-14)22(31)23(32)33-13-24(25,26)27)16-5-7-20-18(10-16)28-21(34-20)17-8-9-29(3)12-15(17)2/h5,7,10,14-15,17,19H,4,6,8-9,11-13H2,1-3H3/t14-,15?,17?,19+/m0/s1. The van der Waals surface area contributed by atoms with Crippen molar-refractivity contribution in [1.82, 2.24) is 14.8 Å². The van der Waals surface area contributed by atoms with Crippen LogP contribution in [-0.4, -0.2) is 66.1 Å². The molecule has 0 bridgehead atoms. The third-order valence-corrected chi connectivity index (χ3v) is 8.03. The molecule has 2 fully saturated rings. The molecule has 0 spiro atoms. The Hall–Kier alpha value is -2.20. The van der Waals surface area contributed by atoms with E-state index in [1.54, 1.807) is 11.3 Å². The number of amides is 1. The lowest BCUT2D eigenvalue weighted by atomic mass is 9.87. The van der Waals surface area contributed by atoms with E-state index in [1.807, 2.05) is 25.1 Å². The zero-order valence-corrected chi connectivity index (χ0v) is 20.4. The van der Waals surface area contributed by atoms with Gasteiger partial charge in [-0.05, 0) is 62.4 Å². The van der Waals surface area contributed by atoms with E-state index in [4.69, 9.17) is 4.98 Å². The van der Waals surface area contributed by atoms with E-state index >= 15 is 0 Å². The summed E-state index contributed by atoms with van der Waals surface area (Å²) < 4.78 is 42.6. The maximum atomic E-state index is 12.7. The van der Waals surface area contributed by atoms with Gasteiger partial charge >= 0.3 is 18.1 Å². The first-order chi connectivity index (χ1) is 16.0. The molecule has 2 unspecified atom stereocenters. The lowest BCUT2D eigenvalue weighted by Crippen LogP contribution is -2.45. The Morgan fingerprint density at radius 2 is 1.94 bits per heavy atom. The maximum absolute atomic E-state index is 12.7. The van der Waals surface area contributed by atoms with E-state index < -0.39 is 30.7 Å². The summed E-state index contributed by atoms with van der Waals surface area (Å²) in [5.41, 5.74) is 1.69. The van der Waals surface area contributed by atoms with Crippen LogP contribution in [0.15, 0.2) is 18.2 Å². The second-order valence-electron chi connectivity index (χ2n) is 9.76. The second-order valence-corrected chi connectivity index (χ2v) is 10.8. The summed E-state index contributed by atoms with van der Waals surface area (Å²) in [6.45, 7) is 4.80. The second kappa shape index (κ2) is 9.81. The predicted octanol–water partition coefficient (Wildman–Crippen LogP) is 4.76. The SMILES string of the molecule is CC1CN(C)CCC1c1nc2cc([C@H]3CC[C@H](C)CN3C(=O)C(=O)OCC(F)(F)F)ccc2s1. The summed E-state index contributed by atoms with van der Waals surface area (Å²) in [6.07, 6.45) is -2.15. The molecule has 10 heteroatoms. The summed E-state index contributed by atoms with van der Waals surface area (Å²) in [5.74, 6) is -1.44. The highest BCUT2D eigenvalue weighted by Crippen LogP contribution is 2.39. The third kappa shape index (κ3) is 5.54. The molecule has 186 valence electrons. The molecule has 2 saturated heterocycles. The van der Waals surface area contributed by atoms with Crippen LogP contribution in [0.5, 0.6) is 0 Å². The minimum Gasteiger partial charge on any atom is -0.449 e. The van der Waals surface area contributed by atoms with Crippen LogP contribution in [-0.2, 0) is 14.3 Å². The van der Waals surface area contributed by atoms with Gasteiger partial charge in [0.25, 0.3) is 0 Å². The highest BCUT2D eigenvalue weighted by molar-refractivity contribution is 7.18. The number of piperidine rings is 2. The fourth-order valence-corrected chi connectivity index (χ4v) is 6.32. The van der Waals surface area contributed by atoms with Crippen molar-refractivity contribution in [2.24, 2.45) is 11.8 Å². The molecule has 4 rings (SSSR count). The molecule has 1 aromatic carbocycles. The molecule has 0 radical (unpaired) electrons. The molecule has 0 N–H and O–H groups in total. The van der Waals surface area contributed by atoms with Gasteiger partial charge in [-0.1, -0.05) is 19.9 Å². The van der Waals surface area contributed by atoms with Gasteiger partial charge in [-0.15, -0.1) is 11.3 Å². The van der Waals surface area contributed by atoms with Gasteiger partial charge in [0.2, 0.25) is 0 Å². The number of hydrogen-bond donors (Lipinski definition) is 0. The van der Waals surface area contributed by atoms with Gasteiger partial charge in [0.15, 0.2) is 6.61 Å². The van der Waals surface area contributed by atoms with Gasteiger partial charge in [-0.3, -0.25) is 4.79 Å². The monoisotopic (exact) mass is 497 g/mol. The van der Waals surface area contributed by atoms with E-state index in [2.05, 4.69) is 23.6 Å². The molecule has 4 atom stereocenters. The van der Waals surface area contributed by atoms with Crippen molar-refractivity contribution in [3.8, 4) is 0 Å². The van der Waals surface area contributed by atoms with E-state index in [9.17, 15) is 22.8 Å². The number of benzene rings is 1. The Bertz CT molecular complexity index is 1060. The molecule has 0 aliphatic carbocycles. The first-order valence-electron chi connectivity index (χ1n) is 11.6. The largest absolute Gasteiger partial charge is 0.449 e. The summed E-state index contributed by atoms with van der Waals surface area (Å²) in [5, 5.41) is 1.12. The van der Waals surface area contributed by atoms with Crippen molar-refractivity contribution < 1.29 is 27.5 Å². The molecule has 1 amide bonds. The highest BCUT2D eigenvalue weighted by Gasteiger charge is 2.37. The van der Waals surface area contributed by atoms with Gasteiger partial charge in [-0.25, -0.2) is 9.78 Å². The van der Waals surface area contributed by atoms with Gasteiger partial charge in [0.05, 0.1) is 21.3 Å². The van der Waals surface area contributed by atoms with E-state index in [0.29, 0.717) is 18.3 Å². The van der Waals surface area contributed by atoms with Crippen molar-refractivity contribution in [3.63, 3.8) is 0 Å². The van der Waals surface area contributed by atoms with E-state index in [-0.39, 0.29) is 12.5 Å². The van der Waals surface area contributed by atoms with Crippen LogP contribution in [0.2, 0.25) is 0 Å². The number of fused-ring (bicyclic) bond motifs is 1. The van der Waals surface area contributed by atoms with Crippen LogP contribution >= 0.6 is 11.3 Å². The Balaban J connectivity index is 1.56. The first kappa shape index (κ1) is 24.9. The molecular formula is C24H30F3N3O3S. The number of ether oxygens (including phenoxy) is 1. The Morgan fingerprint density at radius 1 is 1.18 bits per heavy atom. The molecule has 2 aliphatic rings. The van der Waals surface area contributed by atoms with Crippen LogP contribution in [0.3, 0.4) is 0 Å². The fraction of sp³-hybridized carbons (Fsp3) is 0.625. The van der Waals surface area contributed by atoms with Gasteiger partial charge in [-0.2, -0.15) is 13.2 Å². The maximum Gasteiger partial charge on any atom is 0.422 e. The smallest absolute Gasteiger partial charge is 0.422 e. The van der Waals surface area contributed by atoms with Gasteiger partial charge in [0.1, 0.15) is 0 Å². The van der Waals surface area contributed by atoms with E-state index in [1.165, 1.54) is 4.90 Å². The van der Waals surface area contributed by atoms with E-state index in [0.717, 1.165) is 46.7 Å². The van der Waals surface area contributed by atoms with Gasteiger partial charge < -0.3 is 14.5 Å². The predicted molar refractivity (Wildman–Crippen MR) is 124 cm³/mol. The number of esters is 1. The average molecular weight is 498 g/mol. The molecular weight excluding hydrogens is 467 g/mol. The molecule has 6 nitrogen and oxygen atoms in total. The number of likely N-dealkylation sites (tertiary alicyclic amines) is 2. The summed E-state index contributed by atoms with van der Waals surface area (Å²) in [7, 11) is 2.13. The summed E-state index contributed by atoms with van der Waals surface area (Å²) >= 11 is 1.69. The fourth-order valence-electron chi connectivity index (χ4n) is 5.10. The van der Waals surface area contributed by atoms with Crippen molar-refractivity contribution in [2.45, 2.75) is 51.2 Å². The van der Waals surface area contributed by atoms with Crippen LogP contribution in [0.4, 0.5) is 13.2 Å². The van der Waals surface area contributed by atoms with Crippen molar-refractivity contribution >= 4 is 33.4 Å². The molecule has 0 saturated carbocycles. The summed E-state index contributed by atoms with van der Waals surface area (Å²) in [6, 6.07) is 5.48. The number of hydrogen-bond acceptors (Lipinski definition) is 6. The Kier molecular flexibility index (Phi) is 7.19. The lowest BCUT2D eigenvalue weighted by Gasteiger charge is -2.38. The lowest BCUT2D eigenvalue weighted by molar-refractivity contribution is -0.190. The van der Waals surface area contributed by atoms with Crippen molar-refractivity contribution in [3.05, 3.63) is 28.8 Å². The highest BCUT2D eigenvalue weighted by atomic mass is 32.1. The number of carbonyl (C=O) groups excluding carboxylic acids is 2. The van der Waals surface area contributed by atoms with Crippen LogP contribution in [0.25, 0.3) is 10.2 Å². The average Bonchev–Trinajstić information content (AvgIpc) is 3.19. The number of carbonyl (C=O) groups is 2. The zero-order valence-electron chi connectivity index (χ0n) is 19.6. The van der Waals surface area contributed by atoms with Crippen molar-refractivity contribution in [2.75, 3.05) is 33.3 Å². The third-order valence-electron chi connectivity index (χ3n) is 6.86. The topological polar surface area (TPSA) is 62.7 Å². The quantitative estimate of drug-likeness (QED) is 0.452. The molecule has 3 heterocycles. The Morgan fingerprint density at radius 3 is 2.65 bits per heavy atom. The molecule has 2 aliphatic heterocycles. The Labute approximate surface area is 201 Å². The number of aromatic nitrogens is 1. The molecule has 1 aromatic heterocycles. The number of rotatable bonds is 3. The van der Waals surface area contributed by atoms with Gasteiger partial charge in [0, 0.05) is 19.0 Å². The zero-order chi connectivity index (χ0) is 24.6.